The van der Waals surface area contributed by atoms with Gasteiger partial charge >= 0.3 is 0 Å². The number of carbonyl (C=O) groups is 3. The number of aryl methyl sites for hydroxylation is 3. The second kappa shape index (κ2) is 29.3. The number of fused-ring (bicyclic) bond motifs is 3. The normalized spacial score (nSPS) is 17.0. The molecule has 0 radical (unpaired) electrons. The van der Waals surface area contributed by atoms with E-state index >= 15 is 0 Å². The lowest BCUT2D eigenvalue weighted by atomic mass is 10.1. The Hall–Kier alpha value is -11.8. The molecule has 23 nitrogen and oxygen atoms in total. The molecule has 0 bridgehead atoms. The van der Waals surface area contributed by atoms with E-state index in [9.17, 15) is 19.5 Å². The van der Waals surface area contributed by atoms with Crippen molar-refractivity contribution in [1.82, 2.24) is 75.2 Å². The number of anilines is 3. The molecule has 0 saturated carbocycles. The van der Waals surface area contributed by atoms with E-state index in [0.717, 1.165) is 109 Å². The van der Waals surface area contributed by atoms with E-state index in [2.05, 4.69) is 64.9 Å². The lowest BCUT2D eigenvalue weighted by Gasteiger charge is -2.22. The van der Waals surface area contributed by atoms with Crippen molar-refractivity contribution in [3.63, 3.8) is 0 Å². The number of nitrogens with two attached hydrogens (primary N) is 3. The average molecular weight is 1320 g/mol. The molecule has 10 N–H and O–H groups in total. The molecule has 99 heavy (non-hydrogen) atoms. The topological polar surface area (TPSA) is 326 Å². The third kappa shape index (κ3) is 14.4. The zero-order valence-electron chi connectivity index (χ0n) is 55.3. The molecule has 3 aliphatic rings. The number of aliphatic hydroxyl groups excluding tert-OH is 1. The van der Waals surface area contributed by atoms with Gasteiger partial charge in [0.2, 0.25) is 0 Å². The highest BCUT2D eigenvalue weighted by atomic mass is 16.5. The van der Waals surface area contributed by atoms with Crippen LogP contribution in [0.25, 0.3) is 66.9 Å². The Bertz CT molecular complexity index is 4790. The van der Waals surface area contributed by atoms with Crippen LogP contribution in [-0.4, -0.2) is 101 Å². The minimum atomic E-state index is -0.494. The first-order valence-corrected chi connectivity index (χ1v) is 33.0. The van der Waals surface area contributed by atoms with Gasteiger partial charge in [0.15, 0.2) is 16.9 Å². The molecule has 500 valence electrons. The number of carbonyl (C=O) groups excluding carboxylic acids is 3. The van der Waals surface area contributed by atoms with Crippen molar-refractivity contribution in [2.45, 2.75) is 97.2 Å². The van der Waals surface area contributed by atoms with Crippen LogP contribution in [0.1, 0.15) is 115 Å². The quantitative estimate of drug-likeness (QED) is 0.0469. The average Bonchev–Trinajstić information content (AvgIpc) is 1.63. The lowest BCUT2D eigenvalue weighted by Crippen LogP contribution is -2.23. The van der Waals surface area contributed by atoms with Crippen molar-refractivity contribution in [3.05, 3.63) is 239 Å². The SMILES string of the molecule is Cc1ccccc1C(=O)NCc1ccc(-c2nn(C3C=CC(C)C3)c3ncnc(N)c23)cc1.Cc1ccccc1C(=O)NCc1ccc(-c2nn(C3C=CC(O)C3)c3ncnc(N)c23)cc1.Cc1ccccc1C(=O)NCc1ccc(-c2nn(C3CCCOC3)c3ncnc(N)c23)cc1. The number of hydrogen-bond acceptors (Lipinski definition) is 17. The van der Waals surface area contributed by atoms with E-state index in [1.165, 1.54) is 19.0 Å². The van der Waals surface area contributed by atoms with E-state index < -0.39 is 6.10 Å². The van der Waals surface area contributed by atoms with Crippen LogP contribution in [0.4, 0.5) is 17.5 Å². The largest absolute Gasteiger partial charge is 0.389 e. The Kier molecular flexibility index (Phi) is 19.5. The number of amides is 3. The Morgan fingerprint density at radius 3 is 1.18 bits per heavy atom. The Morgan fingerprint density at radius 1 is 0.475 bits per heavy atom. The Morgan fingerprint density at radius 2 is 0.838 bits per heavy atom. The van der Waals surface area contributed by atoms with Gasteiger partial charge in [-0.05, 0) is 97.5 Å². The van der Waals surface area contributed by atoms with Crippen molar-refractivity contribution in [3.8, 4) is 33.8 Å². The van der Waals surface area contributed by atoms with Crippen molar-refractivity contribution in [2.24, 2.45) is 5.92 Å². The van der Waals surface area contributed by atoms with Crippen LogP contribution >= 0.6 is 0 Å². The summed E-state index contributed by atoms with van der Waals surface area (Å²) in [4.78, 5) is 63.4. The van der Waals surface area contributed by atoms with Gasteiger partial charge in [-0.15, -0.1) is 0 Å². The first-order chi connectivity index (χ1) is 48.1. The fourth-order valence-electron chi connectivity index (χ4n) is 12.8. The molecule has 6 aromatic carbocycles. The van der Waals surface area contributed by atoms with Gasteiger partial charge in [-0.2, -0.15) is 15.3 Å². The van der Waals surface area contributed by atoms with Gasteiger partial charge in [-0.25, -0.2) is 43.9 Å². The maximum absolute atomic E-state index is 12.5. The van der Waals surface area contributed by atoms with Crippen LogP contribution in [0.5, 0.6) is 0 Å². The van der Waals surface area contributed by atoms with Crippen LogP contribution < -0.4 is 33.2 Å². The van der Waals surface area contributed by atoms with Gasteiger partial charge < -0.3 is 43.0 Å². The third-order valence-electron chi connectivity index (χ3n) is 18.2. The predicted octanol–water partition coefficient (Wildman–Crippen LogP) is 11.3. The van der Waals surface area contributed by atoms with Gasteiger partial charge in [0, 0.05) is 66.0 Å². The maximum Gasteiger partial charge on any atom is 0.251 e. The highest BCUT2D eigenvalue weighted by Gasteiger charge is 2.28. The minimum Gasteiger partial charge on any atom is -0.389 e. The molecule has 0 spiro atoms. The van der Waals surface area contributed by atoms with Gasteiger partial charge in [0.05, 0.1) is 47.0 Å². The van der Waals surface area contributed by atoms with Crippen LogP contribution in [-0.2, 0) is 24.4 Å². The van der Waals surface area contributed by atoms with E-state index in [1.54, 1.807) is 10.8 Å². The Labute approximate surface area is 571 Å². The molecule has 12 aromatic rings. The number of nitrogen functional groups attached to an aromatic ring is 3. The predicted molar refractivity (Wildman–Crippen MR) is 382 cm³/mol. The van der Waals surface area contributed by atoms with Crippen LogP contribution in [0.3, 0.4) is 0 Å². The standard InChI is InChI=1S/C26H26N6O.C25H26N6O2.C25H24N6O2/c1-16-7-12-20(13-16)32-25-22(24(27)29-15-30-25)23(31-32)19-10-8-18(9-11-19)14-28-26(33)21-6-4-3-5-17(21)2;1-16-5-2-3-7-20(16)25(32)27-13-17-8-10-18(11-9-17)22-21-23(26)28-15-29-24(21)31(30-22)19-6-4-12-33-14-19;1-15-4-2-3-5-20(15)25(33)27-13-16-6-8-17(9-7-16)22-21-23(26)28-14-29-24(21)31(30-22)18-10-11-19(32)12-18/h3-12,15-16,20H,13-14H2,1-2H3,(H,28,33)(H2,27,29,30);2-3,5,7-11,15,19H,4,6,12-14H2,1H3,(H,27,32)(H2,26,28,29);2-11,14,18-19,32H,12-13H2,1H3,(H,27,33)(H2,26,28,29). The lowest BCUT2D eigenvalue weighted by molar-refractivity contribution is 0.0564. The fourth-order valence-corrected chi connectivity index (χ4v) is 12.8. The van der Waals surface area contributed by atoms with E-state index in [1.807, 2.05) is 182 Å². The van der Waals surface area contributed by atoms with Crippen molar-refractivity contribution < 1.29 is 24.2 Å². The van der Waals surface area contributed by atoms with Crippen molar-refractivity contribution in [1.29, 1.82) is 0 Å². The van der Waals surface area contributed by atoms with Crippen LogP contribution in [0.15, 0.2) is 189 Å². The molecule has 7 heterocycles. The van der Waals surface area contributed by atoms with Crippen molar-refractivity contribution in [2.75, 3.05) is 30.4 Å². The van der Waals surface area contributed by atoms with Gasteiger partial charge in [-0.1, -0.05) is 159 Å². The summed E-state index contributed by atoms with van der Waals surface area (Å²) < 4.78 is 11.3. The summed E-state index contributed by atoms with van der Waals surface area (Å²) in [5.74, 6) is 1.44. The van der Waals surface area contributed by atoms with Gasteiger partial charge in [0.25, 0.3) is 17.7 Å². The summed E-state index contributed by atoms with van der Waals surface area (Å²) in [6, 6.07) is 46.6. The van der Waals surface area contributed by atoms with Gasteiger partial charge in [-0.3, -0.25) is 14.4 Å². The first-order valence-electron chi connectivity index (χ1n) is 33.0. The first kappa shape index (κ1) is 65.8. The number of benzene rings is 6. The minimum absolute atomic E-state index is 0.0781. The van der Waals surface area contributed by atoms with E-state index in [4.69, 9.17) is 37.2 Å². The zero-order valence-corrected chi connectivity index (χ0v) is 55.3. The fraction of sp³-hybridized carbons (Fsp3) is 0.237. The van der Waals surface area contributed by atoms with E-state index in [0.29, 0.717) is 89.5 Å². The van der Waals surface area contributed by atoms with Crippen LogP contribution in [0.2, 0.25) is 0 Å². The molecule has 3 amide bonds. The second-order valence-electron chi connectivity index (χ2n) is 25.1. The van der Waals surface area contributed by atoms with E-state index in [-0.39, 0.29) is 35.8 Å². The highest BCUT2D eigenvalue weighted by Crippen LogP contribution is 2.38. The molecule has 2 aliphatic carbocycles. The zero-order chi connectivity index (χ0) is 68.7. The summed E-state index contributed by atoms with van der Waals surface area (Å²) in [5.41, 5.74) is 33.6. The smallest absolute Gasteiger partial charge is 0.251 e. The maximum atomic E-state index is 12.5. The number of aromatic nitrogens is 12. The molecular formula is C76H76N18O5. The number of nitrogens with one attached hydrogen (secondary N) is 3. The summed E-state index contributed by atoms with van der Waals surface area (Å²) in [5, 5.41) is 35.6. The number of nitrogens with zero attached hydrogens (tertiary/aromatic N) is 12. The number of hydrogen-bond donors (Lipinski definition) is 7. The molecule has 1 aliphatic heterocycles. The Balaban J connectivity index is 0.000000133. The summed E-state index contributed by atoms with van der Waals surface area (Å²) in [6.45, 7) is 10.7. The summed E-state index contributed by atoms with van der Waals surface area (Å²) in [6.07, 6.45) is 15.5. The van der Waals surface area contributed by atoms with Crippen LogP contribution in [0, 0.1) is 26.7 Å². The number of ether oxygens (including phenoxy) is 1. The van der Waals surface area contributed by atoms with Crippen molar-refractivity contribution >= 4 is 68.3 Å². The monoisotopic (exact) mass is 1320 g/mol. The molecular weight excluding hydrogens is 1240 g/mol. The molecule has 15 rings (SSSR count). The molecule has 1 saturated heterocycles. The molecule has 1 fully saturated rings. The molecule has 6 aromatic heterocycles. The third-order valence-corrected chi connectivity index (χ3v) is 18.2. The summed E-state index contributed by atoms with van der Waals surface area (Å²) >= 11 is 0. The molecule has 5 atom stereocenters. The number of rotatable bonds is 15. The van der Waals surface area contributed by atoms with Gasteiger partial charge in [0.1, 0.15) is 53.5 Å². The summed E-state index contributed by atoms with van der Waals surface area (Å²) in [7, 11) is 0. The highest BCUT2D eigenvalue weighted by molar-refractivity contribution is 6.01. The number of aliphatic hydroxyl groups is 1. The molecule has 5 unspecified atom stereocenters. The number of allylic oxidation sites excluding steroid dienone is 3. The second-order valence-corrected chi connectivity index (χ2v) is 25.1. The molecule has 23 heteroatoms.